The number of hydrogen-bond donors (Lipinski definition) is 1. The minimum absolute atomic E-state index is 0.227. The minimum Gasteiger partial charge on any atom is -0.463 e. The molecule has 2 amide bonds. The van der Waals surface area contributed by atoms with E-state index in [2.05, 4.69) is 0 Å². The molecule has 2 N–H and O–H groups in total. The fourth-order valence-corrected chi connectivity index (χ4v) is 3.86. The molecule has 0 spiro atoms. The van der Waals surface area contributed by atoms with Crippen molar-refractivity contribution in [2.75, 3.05) is 13.2 Å². The third kappa shape index (κ3) is 2.10. The van der Waals surface area contributed by atoms with Crippen molar-refractivity contribution in [1.82, 2.24) is 4.90 Å². The van der Waals surface area contributed by atoms with Crippen molar-refractivity contribution < 1.29 is 28.9 Å². The summed E-state index contributed by atoms with van der Waals surface area (Å²) in [6.07, 6.45) is 1.52. The molecule has 124 valence electrons. The Kier molecular flexibility index (Phi) is 3.75. The lowest BCUT2D eigenvalue weighted by Crippen LogP contribution is -2.97. The summed E-state index contributed by atoms with van der Waals surface area (Å²) in [5, 5.41) is 1.75. The number of rotatable bonds is 4. The quantitative estimate of drug-likeness (QED) is 0.614. The third-order valence-electron chi connectivity index (χ3n) is 4.90. The van der Waals surface area contributed by atoms with Gasteiger partial charge in [0, 0.05) is 13.5 Å². The Hall–Kier alpha value is -2.15. The summed E-state index contributed by atoms with van der Waals surface area (Å²) >= 11 is 0. The largest absolute Gasteiger partial charge is 0.463 e. The molecule has 0 radical (unpaired) electrons. The van der Waals surface area contributed by atoms with E-state index in [1.54, 1.807) is 38.2 Å². The van der Waals surface area contributed by atoms with Crippen LogP contribution in [0.15, 0.2) is 22.8 Å². The second kappa shape index (κ2) is 5.49. The van der Waals surface area contributed by atoms with Crippen molar-refractivity contribution in [2.24, 2.45) is 11.8 Å². The van der Waals surface area contributed by atoms with E-state index in [0.29, 0.717) is 12.3 Å². The predicted molar refractivity (Wildman–Crippen MR) is 77.8 cm³/mol. The number of amides is 2. The second-order valence-corrected chi connectivity index (χ2v) is 6.14. The van der Waals surface area contributed by atoms with Gasteiger partial charge in [-0.25, -0.2) is 4.79 Å². The van der Waals surface area contributed by atoms with Gasteiger partial charge in [-0.3, -0.25) is 14.5 Å². The van der Waals surface area contributed by atoms with Crippen LogP contribution in [0.5, 0.6) is 0 Å². The van der Waals surface area contributed by atoms with Gasteiger partial charge >= 0.3 is 5.97 Å². The molecule has 0 aliphatic carbocycles. The van der Waals surface area contributed by atoms with Crippen molar-refractivity contribution in [1.29, 1.82) is 0 Å². The highest BCUT2D eigenvalue weighted by Crippen LogP contribution is 2.44. The molecule has 0 aromatic carbocycles. The van der Waals surface area contributed by atoms with Crippen LogP contribution in [0.2, 0.25) is 0 Å². The van der Waals surface area contributed by atoms with E-state index in [0.717, 1.165) is 0 Å². The monoisotopic (exact) mass is 321 g/mol. The number of nitrogens with two attached hydrogens (primary N) is 1. The number of furan rings is 1. The summed E-state index contributed by atoms with van der Waals surface area (Å²) in [5.41, 5.74) is -1.13. The Labute approximate surface area is 134 Å². The summed E-state index contributed by atoms with van der Waals surface area (Å²) in [7, 11) is 0. The first-order valence-corrected chi connectivity index (χ1v) is 7.87. The van der Waals surface area contributed by atoms with Crippen LogP contribution >= 0.6 is 0 Å². The van der Waals surface area contributed by atoms with Crippen molar-refractivity contribution in [2.45, 2.75) is 32.4 Å². The Morgan fingerprint density at radius 2 is 2.13 bits per heavy atom. The molecule has 2 fully saturated rings. The van der Waals surface area contributed by atoms with E-state index < -0.39 is 29.4 Å². The van der Waals surface area contributed by atoms with Gasteiger partial charge in [0.15, 0.2) is 11.8 Å². The van der Waals surface area contributed by atoms with Crippen molar-refractivity contribution in [3.63, 3.8) is 0 Å². The highest BCUT2D eigenvalue weighted by molar-refractivity contribution is 6.08. The topological polar surface area (TPSA) is 93.4 Å². The molecule has 23 heavy (non-hydrogen) atoms. The van der Waals surface area contributed by atoms with Crippen LogP contribution in [0, 0.1) is 11.8 Å². The van der Waals surface area contributed by atoms with Crippen LogP contribution in [0.25, 0.3) is 0 Å². The molecule has 7 nitrogen and oxygen atoms in total. The van der Waals surface area contributed by atoms with E-state index in [4.69, 9.17) is 9.15 Å². The minimum atomic E-state index is -1.13. The number of esters is 1. The smallest absolute Gasteiger partial charge is 0.368 e. The zero-order chi connectivity index (χ0) is 16.8. The number of quaternary nitrogens is 1. The molecule has 7 heteroatoms. The number of nitrogens with zero attached hydrogens (tertiary/aromatic N) is 1. The lowest BCUT2D eigenvalue weighted by atomic mass is 9.81. The molecule has 0 unspecified atom stereocenters. The molecule has 1 aromatic heterocycles. The SMILES string of the molecule is CCOC(=O)[C@]1(C)[NH2+][C@@H](c2ccco2)[C@H]2C(=O)N(CC)C(=O)[C@@H]21. The van der Waals surface area contributed by atoms with Crippen molar-refractivity contribution >= 4 is 17.8 Å². The number of hydrogen-bond acceptors (Lipinski definition) is 5. The van der Waals surface area contributed by atoms with E-state index in [1.807, 2.05) is 0 Å². The normalized spacial score (nSPS) is 33.2. The number of fused-ring (bicyclic) bond motifs is 1. The number of imide groups is 1. The molecule has 2 saturated heterocycles. The molecular weight excluding hydrogens is 300 g/mol. The van der Waals surface area contributed by atoms with E-state index in [9.17, 15) is 14.4 Å². The summed E-state index contributed by atoms with van der Waals surface area (Å²) in [6, 6.07) is 3.09. The average Bonchev–Trinajstić information content (AvgIpc) is 3.18. The number of ether oxygens (including phenoxy) is 1. The molecule has 3 heterocycles. The van der Waals surface area contributed by atoms with Gasteiger partial charge in [0.2, 0.25) is 17.4 Å². The highest BCUT2D eigenvalue weighted by atomic mass is 16.5. The number of carbonyl (C=O) groups is 3. The Morgan fingerprint density at radius 1 is 1.39 bits per heavy atom. The molecule has 4 atom stereocenters. The second-order valence-electron chi connectivity index (χ2n) is 6.14. The summed E-state index contributed by atoms with van der Waals surface area (Å²) in [5.74, 6) is -1.76. The standard InChI is InChI=1S/C16H20N2O5/c1-4-18-13(19)10-11(14(18)20)16(3,15(21)22-5-2)17-12(10)9-7-6-8-23-9/h6-8,10-12,17H,4-5H2,1-3H3/p+1/t10-,11+,12-,16+/m0/s1. The molecule has 2 aliphatic rings. The molecule has 0 bridgehead atoms. The van der Waals surface area contributed by atoms with Gasteiger partial charge in [0.25, 0.3) is 0 Å². The van der Waals surface area contributed by atoms with Crippen molar-refractivity contribution in [3.8, 4) is 0 Å². The Bertz CT molecular complexity index is 641. The maximum absolute atomic E-state index is 12.7. The van der Waals surface area contributed by atoms with Gasteiger partial charge in [0.05, 0.1) is 12.9 Å². The van der Waals surface area contributed by atoms with Gasteiger partial charge in [-0.1, -0.05) is 0 Å². The van der Waals surface area contributed by atoms with Gasteiger partial charge < -0.3 is 14.5 Å². The molecule has 1 aromatic rings. The summed E-state index contributed by atoms with van der Waals surface area (Å²) in [4.78, 5) is 39.1. The highest BCUT2D eigenvalue weighted by Gasteiger charge is 2.71. The molecule has 0 saturated carbocycles. The average molecular weight is 321 g/mol. The van der Waals surface area contributed by atoms with E-state index >= 15 is 0 Å². The fraction of sp³-hybridized carbons (Fsp3) is 0.562. The molecular formula is C16H21N2O5+. The maximum atomic E-state index is 12.7. The van der Waals surface area contributed by atoms with E-state index in [1.165, 1.54) is 11.2 Å². The fourth-order valence-electron chi connectivity index (χ4n) is 3.86. The lowest BCUT2D eigenvalue weighted by molar-refractivity contribution is -0.732. The van der Waals surface area contributed by atoms with Gasteiger partial charge in [-0.15, -0.1) is 0 Å². The van der Waals surface area contributed by atoms with Crippen LogP contribution < -0.4 is 5.32 Å². The van der Waals surface area contributed by atoms with Gasteiger partial charge in [-0.05, 0) is 26.0 Å². The summed E-state index contributed by atoms with van der Waals surface area (Å²) < 4.78 is 10.6. The first-order chi connectivity index (χ1) is 11.0. The molecule has 2 aliphatic heterocycles. The van der Waals surface area contributed by atoms with Crippen LogP contribution in [0.3, 0.4) is 0 Å². The lowest BCUT2D eigenvalue weighted by Gasteiger charge is -2.25. The third-order valence-corrected chi connectivity index (χ3v) is 4.90. The van der Waals surface area contributed by atoms with Gasteiger partial charge in [0.1, 0.15) is 11.8 Å². The van der Waals surface area contributed by atoms with Crippen LogP contribution in [-0.2, 0) is 19.1 Å². The Morgan fingerprint density at radius 3 is 2.70 bits per heavy atom. The number of carbonyl (C=O) groups excluding carboxylic acids is 3. The molecule has 3 rings (SSSR count). The zero-order valence-corrected chi connectivity index (χ0v) is 13.4. The maximum Gasteiger partial charge on any atom is 0.368 e. The predicted octanol–water partition coefficient (Wildman–Crippen LogP) is -0.159. The summed E-state index contributed by atoms with van der Waals surface area (Å²) in [6.45, 7) is 5.68. The van der Waals surface area contributed by atoms with Crippen LogP contribution in [-0.4, -0.2) is 41.4 Å². The first-order valence-electron chi connectivity index (χ1n) is 7.87. The van der Waals surface area contributed by atoms with Crippen LogP contribution in [0.1, 0.15) is 32.6 Å². The zero-order valence-electron chi connectivity index (χ0n) is 13.4. The van der Waals surface area contributed by atoms with Crippen molar-refractivity contribution in [3.05, 3.63) is 24.2 Å². The number of likely N-dealkylation sites (tertiary alicyclic amines) is 1. The Balaban J connectivity index is 2.06. The van der Waals surface area contributed by atoms with Crippen LogP contribution in [0.4, 0.5) is 0 Å². The first kappa shape index (κ1) is 15.7. The van der Waals surface area contributed by atoms with Gasteiger partial charge in [-0.2, -0.15) is 0 Å². The van der Waals surface area contributed by atoms with E-state index in [-0.39, 0.29) is 18.4 Å².